The molecule has 1 amide bonds. The zero-order valence-corrected chi connectivity index (χ0v) is 14.1. The van der Waals surface area contributed by atoms with Gasteiger partial charge in [0.1, 0.15) is 5.69 Å². The number of carbonyl (C=O) groups excluding carboxylic acids is 1. The number of carbonyl (C=O) groups is 1. The number of pyridine rings is 1. The molecule has 2 aromatic rings. The molecule has 0 aliphatic carbocycles. The van der Waals surface area contributed by atoms with Gasteiger partial charge in [-0.15, -0.1) is 0 Å². The summed E-state index contributed by atoms with van der Waals surface area (Å²) in [7, 11) is 0. The topological polar surface area (TPSA) is 42.0 Å². The number of halogens is 2. The van der Waals surface area contributed by atoms with E-state index in [2.05, 4.69) is 42.2 Å². The molecule has 0 aliphatic rings. The van der Waals surface area contributed by atoms with Gasteiger partial charge in [0.15, 0.2) is 0 Å². The monoisotopic (exact) mass is 396 g/mol. The van der Waals surface area contributed by atoms with E-state index in [1.165, 1.54) is 0 Å². The minimum absolute atomic E-state index is 0.191. The van der Waals surface area contributed by atoms with Crippen LogP contribution in [0.4, 0.5) is 0 Å². The van der Waals surface area contributed by atoms with Gasteiger partial charge < -0.3 is 5.32 Å². The molecule has 5 heteroatoms. The van der Waals surface area contributed by atoms with Gasteiger partial charge in [0.2, 0.25) is 0 Å². The van der Waals surface area contributed by atoms with Gasteiger partial charge in [0.25, 0.3) is 5.91 Å². The number of aromatic nitrogens is 1. The fourth-order valence-electron chi connectivity index (χ4n) is 1.81. The molecule has 20 heavy (non-hydrogen) atoms. The molecule has 0 saturated carbocycles. The van der Waals surface area contributed by atoms with Gasteiger partial charge >= 0.3 is 0 Å². The highest BCUT2D eigenvalue weighted by atomic mass is 79.9. The second kappa shape index (κ2) is 6.50. The molecule has 0 spiro atoms. The number of rotatable bonds is 4. The largest absolute Gasteiger partial charge is 0.341 e. The smallest absolute Gasteiger partial charge is 0.270 e. The lowest BCUT2D eigenvalue weighted by atomic mass is 9.94. The Kier molecular flexibility index (Phi) is 4.94. The van der Waals surface area contributed by atoms with Crippen LogP contribution in [0.2, 0.25) is 0 Å². The van der Waals surface area contributed by atoms with E-state index in [0.29, 0.717) is 11.0 Å². The van der Waals surface area contributed by atoms with Crippen molar-refractivity contribution in [2.24, 2.45) is 0 Å². The van der Waals surface area contributed by atoms with E-state index in [1.807, 2.05) is 37.3 Å². The molecule has 0 saturated heterocycles. The number of nitrogens with one attached hydrogen (secondary N) is 1. The van der Waals surface area contributed by atoms with E-state index >= 15 is 0 Å². The van der Waals surface area contributed by atoms with E-state index in [0.717, 1.165) is 10.0 Å². The summed E-state index contributed by atoms with van der Waals surface area (Å²) in [5, 5.41) is 3.65. The number of amides is 1. The van der Waals surface area contributed by atoms with Crippen molar-refractivity contribution < 1.29 is 4.79 Å². The lowest BCUT2D eigenvalue weighted by molar-refractivity contribution is 0.0909. The van der Waals surface area contributed by atoms with Crippen molar-refractivity contribution in [2.45, 2.75) is 12.5 Å². The van der Waals surface area contributed by atoms with Gasteiger partial charge in [-0.2, -0.15) is 0 Å². The van der Waals surface area contributed by atoms with Gasteiger partial charge in [-0.05, 0) is 40.5 Å². The van der Waals surface area contributed by atoms with E-state index < -0.39 is 5.54 Å². The zero-order valence-electron chi connectivity index (χ0n) is 10.9. The van der Waals surface area contributed by atoms with Crippen molar-refractivity contribution in [1.82, 2.24) is 10.3 Å². The first kappa shape index (κ1) is 15.2. The number of hydrogen-bond donors (Lipinski definition) is 1. The first-order valence-electron chi connectivity index (χ1n) is 6.11. The van der Waals surface area contributed by atoms with Gasteiger partial charge in [-0.25, -0.2) is 4.98 Å². The van der Waals surface area contributed by atoms with Gasteiger partial charge in [-0.3, -0.25) is 4.79 Å². The number of hydrogen-bond acceptors (Lipinski definition) is 2. The molecule has 1 atom stereocenters. The Balaban J connectivity index is 2.22. The summed E-state index contributed by atoms with van der Waals surface area (Å²) in [6.45, 7) is 1.98. The summed E-state index contributed by atoms with van der Waals surface area (Å²) < 4.78 is 0.848. The maximum Gasteiger partial charge on any atom is 0.270 e. The molecular weight excluding hydrogens is 384 g/mol. The molecule has 0 fully saturated rings. The minimum Gasteiger partial charge on any atom is -0.341 e. The lowest BCUT2D eigenvalue weighted by Crippen LogP contribution is -2.45. The average Bonchev–Trinajstić information content (AvgIpc) is 2.48. The standard InChI is InChI=1S/C15H14Br2N2O/c1-15(10-16,11-5-3-2-4-6-11)19-14(20)13-8-7-12(17)9-18-13/h2-9H,10H2,1H3,(H,19,20). The molecule has 1 aromatic carbocycles. The highest BCUT2D eigenvalue weighted by molar-refractivity contribution is 9.10. The summed E-state index contributed by atoms with van der Waals surface area (Å²) in [5.74, 6) is -0.191. The number of alkyl halides is 1. The highest BCUT2D eigenvalue weighted by Crippen LogP contribution is 2.23. The molecule has 3 nitrogen and oxygen atoms in total. The molecule has 104 valence electrons. The molecule has 0 radical (unpaired) electrons. The number of nitrogens with zero attached hydrogens (tertiary/aromatic N) is 1. The first-order chi connectivity index (χ1) is 9.55. The van der Waals surface area contributed by atoms with Gasteiger partial charge in [-0.1, -0.05) is 46.3 Å². The second-order valence-corrected chi connectivity index (χ2v) is 6.12. The summed E-state index contributed by atoms with van der Waals surface area (Å²) in [4.78, 5) is 16.4. The van der Waals surface area contributed by atoms with Crippen LogP contribution in [0.3, 0.4) is 0 Å². The maximum absolute atomic E-state index is 12.3. The van der Waals surface area contributed by atoms with Crippen LogP contribution in [0.25, 0.3) is 0 Å². The van der Waals surface area contributed by atoms with Crippen LogP contribution in [0.1, 0.15) is 23.0 Å². The van der Waals surface area contributed by atoms with Crippen molar-refractivity contribution in [3.8, 4) is 0 Å². The quantitative estimate of drug-likeness (QED) is 0.795. The third-order valence-electron chi connectivity index (χ3n) is 3.03. The predicted molar refractivity (Wildman–Crippen MR) is 87.0 cm³/mol. The molecule has 0 bridgehead atoms. The molecule has 1 heterocycles. The van der Waals surface area contributed by atoms with Gasteiger partial charge in [0.05, 0.1) is 5.54 Å². The molecule has 1 aromatic heterocycles. The Morgan fingerprint density at radius 2 is 1.95 bits per heavy atom. The normalized spacial score (nSPS) is 13.6. The Morgan fingerprint density at radius 3 is 2.50 bits per heavy atom. The summed E-state index contributed by atoms with van der Waals surface area (Å²) in [5.41, 5.74) is 0.964. The Morgan fingerprint density at radius 1 is 1.25 bits per heavy atom. The van der Waals surface area contributed by atoms with Crippen LogP contribution in [0.5, 0.6) is 0 Å². The lowest BCUT2D eigenvalue weighted by Gasteiger charge is -2.29. The van der Waals surface area contributed by atoms with Gasteiger partial charge in [0, 0.05) is 16.0 Å². The molecular formula is C15H14Br2N2O. The van der Waals surface area contributed by atoms with Crippen molar-refractivity contribution in [1.29, 1.82) is 0 Å². The maximum atomic E-state index is 12.3. The first-order valence-corrected chi connectivity index (χ1v) is 8.02. The van der Waals surface area contributed by atoms with Crippen molar-refractivity contribution in [2.75, 3.05) is 5.33 Å². The predicted octanol–water partition coefficient (Wildman–Crippen LogP) is 3.88. The Bertz CT molecular complexity index is 587. The number of benzene rings is 1. The summed E-state index contributed by atoms with van der Waals surface area (Å²) >= 11 is 6.78. The fourth-order valence-corrected chi connectivity index (χ4v) is 2.51. The van der Waals surface area contributed by atoms with Crippen LogP contribution in [0.15, 0.2) is 53.1 Å². The zero-order chi connectivity index (χ0) is 14.6. The fraction of sp³-hybridized carbons (Fsp3) is 0.200. The third kappa shape index (κ3) is 3.46. The van der Waals surface area contributed by atoms with Crippen molar-refractivity contribution in [3.63, 3.8) is 0 Å². The summed E-state index contributed by atoms with van der Waals surface area (Å²) in [6, 6.07) is 13.4. The van der Waals surface area contributed by atoms with Crippen molar-refractivity contribution in [3.05, 3.63) is 64.4 Å². The van der Waals surface area contributed by atoms with E-state index in [4.69, 9.17) is 0 Å². The molecule has 0 aliphatic heterocycles. The third-order valence-corrected chi connectivity index (χ3v) is 4.62. The minimum atomic E-state index is -0.479. The SMILES string of the molecule is CC(CBr)(NC(=O)c1ccc(Br)cn1)c1ccccc1. The van der Waals surface area contributed by atoms with Crippen LogP contribution in [-0.2, 0) is 5.54 Å². The average molecular weight is 398 g/mol. The highest BCUT2D eigenvalue weighted by Gasteiger charge is 2.28. The van der Waals surface area contributed by atoms with Crippen LogP contribution < -0.4 is 5.32 Å². The van der Waals surface area contributed by atoms with Crippen LogP contribution in [0, 0.1) is 0 Å². The molecule has 2 rings (SSSR count). The van der Waals surface area contributed by atoms with Crippen LogP contribution >= 0.6 is 31.9 Å². The van der Waals surface area contributed by atoms with E-state index in [-0.39, 0.29) is 5.91 Å². The van der Waals surface area contributed by atoms with Crippen molar-refractivity contribution >= 4 is 37.8 Å². The van der Waals surface area contributed by atoms with Crippen LogP contribution in [-0.4, -0.2) is 16.2 Å². The Hall–Kier alpha value is -1.20. The summed E-state index contributed by atoms with van der Waals surface area (Å²) in [6.07, 6.45) is 1.61. The van der Waals surface area contributed by atoms with E-state index in [9.17, 15) is 4.79 Å². The second-order valence-electron chi connectivity index (χ2n) is 4.65. The Labute approximate surface area is 135 Å². The molecule has 1 N–H and O–H groups in total. The van der Waals surface area contributed by atoms with E-state index in [1.54, 1.807) is 18.3 Å². The molecule has 1 unspecified atom stereocenters.